The molecule has 2 heterocycles. The highest BCUT2D eigenvalue weighted by Gasteiger charge is 2.24. The van der Waals surface area contributed by atoms with Crippen LogP contribution in [0.15, 0.2) is 17.5 Å². The highest BCUT2D eigenvalue weighted by molar-refractivity contribution is 7.09. The summed E-state index contributed by atoms with van der Waals surface area (Å²) in [6, 6.07) is 4.63. The molecule has 124 valence electrons. The second kappa shape index (κ2) is 9.25. The molecule has 0 bridgehead atoms. The smallest absolute Gasteiger partial charge is 0.234 e. The van der Waals surface area contributed by atoms with Crippen molar-refractivity contribution < 1.29 is 9.53 Å². The van der Waals surface area contributed by atoms with Gasteiger partial charge in [0, 0.05) is 50.8 Å². The van der Waals surface area contributed by atoms with E-state index in [2.05, 4.69) is 33.5 Å². The highest BCUT2D eigenvalue weighted by atomic mass is 32.1. The predicted molar refractivity (Wildman–Crippen MR) is 90.4 cm³/mol. The molecule has 6 heteroatoms. The van der Waals surface area contributed by atoms with Crippen molar-refractivity contribution >= 4 is 17.2 Å². The van der Waals surface area contributed by atoms with Crippen LogP contribution in [-0.2, 0) is 16.0 Å². The molecule has 1 amide bonds. The van der Waals surface area contributed by atoms with Crippen LogP contribution in [0.25, 0.3) is 0 Å². The maximum Gasteiger partial charge on any atom is 0.234 e. The van der Waals surface area contributed by atoms with E-state index in [4.69, 9.17) is 4.74 Å². The third-order valence-electron chi connectivity index (χ3n) is 4.07. The van der Waals surface area contributed by atoms with E-state index in [0.29, 0.717) is 12.6 Å². The Morgan fingerprint density at radius 2 is 2.36 bits per heavy atom. The van der Waals surface area contributed by atoms with Crippen LogP contribution >= 0.6 is 11.3 Å². The topological polar surface area (TPSA) is 44.8 Å². The second-order valence-electron chi connectivity index (χ2n) is 5.79. The van der Waals surface area contributed by atoms with Gasteiger partial charge in [-0.2, -0.15) is 0 Å². The lowest BCUT2D eigenvalue weighted by Gasteiger charge is -2.39. The van der Waals surface area contributed by atoms with E-state index in [-0.39, 0.29) is 5.91 Å². The van der Waals surface area contributed by atoms with E-state index < -0.39 is 0 Å². The molecular weight excluding hydrogens is 298 g/mol. The molecule has 0 saturated carbocycles. The molecule has 1 N–H and O–H groups in total. The molecule has 22 heavy (non-hydrogen) atoms. The minimum Gasteiger partial charge on any atom is -0.383 e. The Labute approximate surface area is 137 Å². The molecular formula is C16H27N3O2S. The van der Waals surface area contributed by atoms with Crippen LogP contribution in [0.3, 0.4) is 0 Å². The lowest BCUT2D eigenvalue weighted by atomic mass is 10.2. The van der Waals surface area contributed by atoms with Crippen molar-refractivity contribution in [2.24, 2.45) is 0 Å². The van der Waals surface area contributed by atoms with Gasteiger partial charge in [-0.1, -0.05) is 6.07 Å². The summed E-state index contributed by atoms with van der Waals surface area (Å²) in [7, 11) is 1.74. The summed E-state index contributed by atoms with van der Waals surface area (Å²) in [5.41, 5.74) is 0. The zero-order chi connectivity index (χ0) is 15.8. The van der Waals surface area contributed by atoms with E-state index in [1.54, 1.807) is 18.4 Å². The molecule has 0 radical (unpaired) electrons. The molecule has 1 atom stereocenters. The van der Waals surface area contributed by atoms with Crippen molar-refractivity contribution in [3.63, 3.8) is 0 Å². The average molecular weight is 325 g/mol. The summed E-state index contributed by atoms with van der Waals surface area (Å²) in [6.45, 7) is 8.10. The fraction of sp³-hybridized carbons (Fsp3) is 0.688. The van der Waals surface area contributed by atoms with E-state index >= 15 is 0 Å². The minimum atomic E-state index is 0.133. The zero-order valence-electron chi connectivity index (χ0n) is 13.6. The fourth-order valence-corrected chi connectivity index (χ4v) is 3.50. The molecule has 1 aromatic rings. The Morgan fingerprint density at radius 1 is 1.50 bits per heavy atom. The first kappa shape index (κ1) is 17.4. The third-order valence-corrected chi connectivity index (χ3v) is 5.01. The number of piperazine rings is 1. The molecule has 1 saturated heterocycles. The van der Waals surface area contributed by atoms with Crippen molar-refractivity contribution in [2.75, 3.05) is 53.0 Å². The normalized spacial score (nSPS) is 20.2. The fourth-order valence-electron chi connectivity index (χ4n) is 2.79. The predicted octanol–water partition coefficient (Wildman–Crippen LogP) is 1.06. The quantitative estimate of drug-likeness (QED) is 0.776. The SMILES string of the molecule is COCCN1CCN(CC(=O)NCCc2cccs2)C[C@@H]1C. The van der Waals surface area contributed by atoms with Crippen LogP contribution < -0.4 is 5.32 Å². The van der Waals surface area contributed by atoms with Gasteiger partial charge in [0.2, 0.25) is 5.91 Å². The molecule has 1 fully saturated rings. The first-order valence-corrected chi connectivity index (χ1v) is 8.81. The van der Waals surface area contributed by atoms with Gasteiger partial charge in [0.15, 0.2) is 0 Å². The first-order chi connectivity index (χ1) is 10.7. The summed E-state index contributed by atoms with van der Waals surface area (Å²) in [5, 5.41) is 5.09. The molecule has 0 spiro atoms. The van der Waals surface area contributed by atoms with Gasteiger partial charge in [0.25, 0.3) is 0 Å². The van der Waals surface area contributed by atoms with Gasteiger partial charge in [-0.3, -0.25) is 14.6 Å². The van der Waals surface area contributed by atoms with Crippen LogP contribution in [0.4, 0.5) is 0 Å². The summed E-state index contributed by atoms with van der Waals surface area (Å²) in [4.78, 5) is 18.0. The minimum absolute atomic E-state index is 0.133. The van der Waals surface area contributed by atoms with Crippen LogP contribution in [0.5, 0.6) is 0 Å². The molecule has 0 aliphatic carbocycles. The summed E-state index contributed by atoms with van der Waals surface area (Å²) in [6.07, 6.45) is 0.921. The van der Waals surface area contributed by atoms with Crippen LogP contribution in [-0.4, -0.2) is 74.7 Å². The second-order valence-corrected chi connectivity index (χ2v) is 6.82. The number of ether oxygens (including phenoxy) is 1. The number of thiophene rings is 1. The number of nitrogens with zero attached hydrogens (tertiary/aromatic N) is 2. The first-order valence-electron chi connectivity index (χ1n) is 7.93. The molecule has 5 nitrogen and oxygen atoms in total. The molecule has 2 rings (SSSR count). The van der Waals surface area contributed by atoms with Crippen LogP contribution in [0.2, 0.25) is 0 Å². The lowest BCUT2D eigenvalue weighted by Crippen LogP contribution is -2.54. The molecule has 1 aliphatic heterocycles. The number of carbonyl (C=O) groups excluding carboxylic acids is 1. The monoisotopic (exact) mass is 325 g/mol. The van der Waals surface area contributed by atoms with Crippen LogP contribution in [0, 0.1) is 0 Å². The molecule has 1 aliphatic rings. The van der Waals surface area contributed by atoms with Gasteiger partial charge < -0.3 is 10.1 Å². The Bertz CT molecular complexity index is 439. The number of hydrogen-bond acceptors (Lipinski definition) is 5. The lowest BCUT2D eigenvalue weighted by molar-refractivity contribution is -0.122. The van der Waals surface area contributed by atoms with Crippen molar-refractivity contribution in [2.45, 2.75) is 19.4 Å². The largest absolute Gasteiger partial charge is 0.383 e. The number of carbonyl (C=O) groups is 1. The Morgan fingerprint density at radius 3 is 3.05 bits per heavy atom. The summed E-state index contributed by atoms with van der Waals surface area (Å²) >= 11 is 1.74. The van der Waals surface area contributed by atoms with Gasteiger partial charge in [0.1, 0.15) is 0 Å². The van der Waals surface area contributed by atoms with Crippen molar-refractivity contribution in [3.05, 3.63) is 22.4 Å². The summed E-state index contributed by atoms with van der Waals surface area (Å²) in [5.74, 6) is 0.133. The van der Waals surface area contributed by atoms with E-state index in [9.17, 15) is 4.79 Å². The van der Waals surface area contributed by atoms with E-state index in [1.165, 1.54) is 4.88 Å². The van der Waals surface area contributed by atoms with Crippen LogP contribution in [0.1, 0.15) is 11.8 Å². The Balaban J connectivity index is 1.63. The molecule has 0 aromatic carbocycles. The average Bonchev–Trinajstić information content (AvgIpc) is 3.00. The number of rotatable bonds is 8. The van der Waals surface area contributed by atoms with E-state index in [0.717, 1.165) is 45.8 Å². The van der Waals surface area contributed by atoms with Gasteiger partial charge in [-0.15, -0.1) is 11.3 Å². The van der Waals surface area contributed by atoms with Gasteiger partial charge in [-0.25, -0.2) is 0 Å². The number of methoxy groups -OCH3 is 1. The highest BCUT2D eigenvalue weighted by Crippen LogP contribution is 2.09. The van der Waals surface area contributed by atoms with Crippen molar-refractivity contribution in [1.82, 2.24) is 15.1 Å². The Kier molecular flexibility index (Phi) is 7.32. The summed E-state index contributed by atoms with van der Waals surface area (Å²) < 4.78 is 5.14. The molecule has 0 unspecified atom stereocenters. The zero-order valence-corrected chi connectivity index (χ0v) is 14.4. The third kappa shape index (κ3) is 5.68. The van der Waals surface area contributed by atoms with Gasteiger partial charge in [0.05, 0.1) is 13.2 Å². The number of hydrogen-bond donors (Lipinski definition) is 1. The maximum atomic E-state index is 12.0. The van der Waals surface area contributed by atoms with Gasteiger partial charge >= 0.3 is 0 Å². The number of amides is 1. The van der Waals surface area contributed by atoms with Crippen molar-refractivity contribution in [3.8, 4) is 0 Å². The standard InChI is InChI=1S/C16H27N3O2S/c1-14-12-18(7-8-19(14)9-10-21-2)13-16(20)17-6-5-15-4-3-11-22-15/h3-4,11,14H,5-10,12-13H2,1-2H3,(H,17,20)/t14-/m0/s1. The van der Waals surface area contributed by atoms with Crippen molar-refractivity contribution in [1.29, 1.82) is 0 Å². The molecule has 1 aromatic heterocycles. The Hall–Kier alpha value is -0.950. The number of nitrogens with one attached hydrogen (secondary N) is 1. The van der Waals surface area contributed by atoms with Gasteiger partial charge in [-0.05, 0) is 24.8 Å². The maximum absolute atomic E-state index is 12.0. The van der Waals surface area contributed by atoms with E-state index in [1.807, 2.05) is 6.07 Å².